The highest BCUT2D eigenvalue weighted by atomic mass is 79.9. The highest BCUT2D eigenvalue weighted by Crippen LogP contribution is 2.26. The van der Waals surface area contributed by atoms with Crippen molar-refractivity contribution in [1.29, 1.82) is 0 Å². The predicted molar refractivity (Wildman–Crippen MR) is 82.2 cm³/mol. The summed E-state index contributed by atoms with van der Waals surface area (Å²) >= 11 is 3.33. The predicted octanol–water partition coefficient (Wildman–Crippen LogP) is 3.74. The van der Waals surface area contributed by atoms with Crippen LogP contribution in [0.15, 0.2) is 40.9 Å². The summed E-state index contributed by atoms with van der Waals surface area (Å²) in [6.45, 7) is 1.77. The molecule has 0 saturated heterocycles. The monoisotopic (exact) mass is 351 g/mol. The normalized spacial score (nSPS) is 10.4. The highest BCUT2D eigenvalue weighted by molar-refractivity contribution is 9.10. The minimum absolute atomic E-state index is 0.0780. The van der Waals surface area contributed by atoms with Crippen LogP contribution in [0, 0.1) is 17.0 Å². The minimum Gasteiger partial charge on any atom is -0.489 e. The zero-order valence-corrected chi connectivity index (χ0v) is 13.0. The Kier molecular flexibility index (Phi) is 4.93. The highest BCUT2D eigenvalue weighted by Gasteiger charge is 2.14. The van der Waals surface area contributed by atoms with E-state index in [0.717, 1.165) is 10.0 Å². The molecule has 0 unspecified atom stereocenters. The van der Waals surface area contributed by atoms with Gasteiger partial charge < -0.3 is 9.84 Å². The second kappa shape index (κ2) is 6.69. The van der Waals surface area contributed by atoms with E-state index in [2.05, 4.69) is 15.9 Å². The third-order valence-electron chi connectivity index (χ3n) is 3.19. The smallest absolute Gasteiger partial charge is 0.272 e. The number of halogens is 1. The number of aliphatic hydroxyl groups is 1. The van der Waals surface area contributed by atoms with Crippen LogP contribution in [0.3, 0.4) is 0 Å². The average molecular weight is 352 g/mol. The number of nitro groups is 1. The van der Waals surface area contributed by atoms with Crippen molar-refractivity contribution in [2.24, 2.45) is 0 Å². The maximum absolute atomic E-state index is 10.9. The number of benzene rings is 2. The van der Waals surface area contributed by atoms with E-state index in [4.69, 9.17) is 4.74 Å². The van der Waals surface area contributed by atoms with Crippen molar-refractivity contribution in [3.05, 3.63) is 67.7 Å². The van der Waals surface area contributed by atoms with Crippen molar-refractivity contribution in [2.75, 3.05) is 0 Å². The van der Waals surface area contributed by atoms with Gasteiger partial charge in [0.15, 0.2) is 0 Å². The van der Waals surface area contributed by atoms with Crippen LogP contribution < -0.4 is 4.74 Å². The van der Waals surface area contributed by atoms with Crippen molar-refractivity contribution in [1.82, 2.24) is 0 Å². The summed E-state index contributed by atoms with van der Waals surface area (Å²) in [5, 5.41) is 20.2. The van der Waals surface area contributed by atoms with Gasteiger partial charge in [-0.2, -0.15) is 0 Å². The minimum atomic E-state index is -0.405. The first kappa shape index (κ1) is 15.5. The van der Waals surface area contributed by atoms with E-state index in [9.17, 15) is 15.2 Å². The molecule has 0 aliphatic rings. The van der Waals surface area contributed by atoms with Gasteiger partial charge in [0, 0.05) is 21.7 Å². The Balaban J connectivity index is 2.21. The molecule has 110 valence electrons. The first-order chi connectivity index (χ1) is 10.0. The van der Waals surface area contributed by atoms with Crippen LogP contribution in [0.5, 0.6) is 5.75 Å². The zero-order chi connectivity index (χ0) is 15.4. The Labute approximate surface area is 130 Å². The van der Waals surface area contributed by atoms with E-state index in [1.54, 1.807) is 31.2 Å². The fourth-order valence-electron chi connectivity index (χ4n) is 1.99. The molecule has 0 aliphatic heterocycles. The van der Waals surface area contributed by atoms with Crippen LogP contribution >= 0.6 is 15.9 Å². The van der Waals surface area contributed by atoms with E-state index in [-0.39, 0.29) is 18.9 Å². The van der Waals surface area contributed by atoms with Crippen molar-refractivity contribution < 1.29 is 14.8 Å². The molecule has 0 saturated carbocycles. The Hall–Kier alpha value is -1.92. The van der Waals surface area contributed by atoms with Crippen LogP contribution in [0.25, 0.3) is 0 Å². The quantitative estimate of drug-likeness (QED) is 0.657. The van der Waals surface area contributed by atoms with E-state index in [1.165, 1.54) is 6.07 Å². The maximum Gasteiger partial charge on any atom is 0.272 e. The second-order valence-electron chi connectivity index (χ2n) is 4.52. The summed E-state index contributed by atoms with van der Waals surface area (Å²) in [5.74, 6) is 0.562. The van der Waals surface area contributed by atoms with E-state index >= 15 is 0 Å². The summed E-state index contributed by atoms with van der Waals surface area (Å²) < 4.78 is 6.53. The number of hydrogen-bond acceptors (Lipinski definition) is 4. The van der Waals surface area contributed by atoms with Gasteiger partial charge >= 0.3 is 0 Å². The number of nitro benzene ring substituents is 1. The van der Waals surface area contributed by atoms with Crippen molar-refractivity contribution in [3.63, 3.8) is 0 Å². The van der Waals surface area contributed by atoms with Gasteiger partial charge in [-0.3, -0.25) is 10.1 Å². The van der Waals surface area contributed by atoms with Crippen LogP contribution in [-0.4, -0.2) is 10.0 Å². The first-order valence-corrected chi connectivity index (χ1v) is 7.07. The van der Waals surface area contributed by atoms with E-state index in [1.807, 2.05) is 6.07 Å². The Morgan fingerprint density at radius 3 is 2.71 bits per heavy atom. The molecule has 2 rings (SSSR count). The topological polar surface area (TPSA) is 72.6 Å². The van der Waals surface area contributed by atoms with E-state index < -0.39 is 4.92 Å². The first-order valence-electron chi connectivity index (χ1n) is 6.28. The molecule has 21 heavy (non-hydrogen) atoms. The molecular formula is C15H14BrNO4. The standard InChI is InChI=1S/C15H14BrNO4/c1-10-11(3-2-4-14(10)17(19)20)9-21-15-6-5-13(16)7-12(15)8-18/h2-7,18H,8-9H2,1H3. The molecule has 0 heterocycles. The van der Waals surface area contributed by atoms with Crippen LogP contribution in [0.4, 0.5) is 5.69 Å². The molecule has 2 aromatic rings. The van der Waals surface area contributed by atoms with Crippen LogP contribution in [-0.2, 0) is 13.2 Å². The second-order valence-corrected chi connectivity index (χ2v) is 5.43. The molecule has 0 amide bonds. The Morgan fingerprint density at radius 2 is 2.05 bits per heavy atom. The van der Waals surface area contributed by atoms with Gasteiger partial charge in [0.1, 0.15) is 12.4 Å². The fourth-order valence-corrected chi connectivity index (χ4v) is 2.40. The van der Waals surface area contributed by atoms with Crippen LogP contribution in [0.1, 0.15) is 16.7 Å². The third-order valence-corrected chi connectivity index (χ3v) is 3.68. The van der Waals surface area contributed by atoms with E-state index in [0.29, 0.717) is 16.9 Å². The van der Waals surface area contributed by atoms with Crippen molar-refractivity contribution in [3.8, 4) is 5.75 Å². The molecule has 0 aromatic heterocycles. The summed E-state index contributed by atoms with van der Waals surface area (Å²) in [4.78, 5) is 10.5. The number of hydrogen-bond donors (Lipinski definition) is 1. The van der Waals surface area contributed by atoms with Crippen molar-refractivity contribution in [2.45, 2.75) is 20.1 Å². The Bertz CT molecular complexity index is 673. The van der Waals surface area contributed by atoms with Gasteiger partial charge in [-0.15, -0.1) is 0 Å². The lowest BCUT2D eigenvalue weighted by Crippen LogP contribution is -2.02. The lowest BCUT2D eigenvalue weighted by Gasteiger charge is -2.12. The largest absolute Gasteiger partial charge is 0.489 e. The lowest BCUT2D eigenvalue weighted by atomic mass is 10.1. The summed E-state index contributed by atoms with van der Waals surface area (Å²) in [5.41, 5.74) is 2.07. The summed E-state index contributed by atoms with van der Waals surface area (Å²) in [6.07, 6.45) is 0. The zero-order valence-electron chi connectivity index (χ0n) is 11.4. The molecule has 0 atom stereocenters. The van der Waals surface area contributed by atoms with Crippen LogP contribution in [0.2, 0.25) is 0 Å². The van der Waals surface area contributed by atoms with Crippen molar-refractivity contribution >= 4 is 21.6 Å². The fraction of sp³-hybridized carbons (Fsp3) is 0.200. The Morgan fingerprint density at radius 1 is 1.29 bits per heavy atom. The molecule has 2 aromatic carbocycles. The lowest BCUT2D eigenvalue weighted by molar-refractivity contribution is -0.385. The molecule has 1 N–H and O–H groups in total. The molecule has 6 heteroatoms. The number of rotatable bonds is 5. The molecule has 5 nitrogen and oxygen atoms in total. The van der Waals surface area contributed by atoms with Gasteiger partial charge in [0.2, 0.25) is 0 Å². The molecular weight excluding hydrogens is 338 g/mol. The van der Waals surface area contributed by atoms with Gasteiger partial charge in [0.05, 0.1) is 11.5 Å². The van der Waals surface area contributed by atoms with Gasteiger partial charge in [-0.05, 0) is 30.7 Å². The third kappa shape index (κ3) is 3.59. The number of nitrogens with zero attached hydrogens (tertiary/aromatic N) is 1. The summed E-state index contributed by atoms with van der Waals surface area (Å²) in [7, 11) is 0. The van der Waals surface area contributed by atoms with Gasteiger partial charge in [0.25, 0.3) is 5.69 Å². The SMILES string of the molecule is Cc1c(COc2ccc(Br)cc2CO)cccc1[N+](=O)[O-]. The van der Waals surface area contributed by atoms with Gasteiger partial charge in [-0.25, -0.2) is 0 Å². The molecule has 0 fully saturated rings. The number of ether oxygens (including phenoxy) is 1. The molecule has 0 spiro atoms. The maximum atomic E-state index is 10.9. The number of aliphatic hydroxyl groups excluding tert-OH is 1. The molecule has 0 bridgehead atoms. The molecule has 0 radical (unpaired) electrons. The molecule has 0 aliphatic carbocycles. The average Bonchev–Trinajstić information content (AvgIpc) is 2.46. The van der Waals surface area contributed by atoms with Gasteiger partial charge in [-0.1, -0.05) is 28.1 Å². The summed E-state index contributed by atoms with van der Waals surface area (Å²) in [6, 6.07) is 10.2.